The fourth-order valence-electron chi connectivity index (χ4n) is 3.58. The molecule has 0 radical (unpaired) electrons. The first kappa shape index (κ1) is 14.5. The lowest BCUT2D eigenvalue weighted by molar-refractivity contribution is -0.170. The van der Waals surface area contributed by atoms with E-state index >= 15 is 0 Å². The van der Waals surface area contributed by atoms with Crippen molar-refractivity contribution in [3.63, 3.8) is 0 Å². The Morgan fingerprint density at radius 3 is 2.41 bits per heavy atom. The van der Waals surface area contributed by atoms with Crippen LogP contribution in [0.1, 0.15) is 59.8 Å². The van der Waals surface area contributed by atoms with Crippen LogP contribution in [0.2, 0.25) is 0 Å². The number of rotatable bonds is 4. The van der Waals surface area contributed by atoms with Crippen molar-refractivity contribution in [2.45, 2.75) is 65.4 Å². The van der Waals surface area contributed by atoms with Gasteiger partial charge >= 0.3 is 5.97 Å². The summed E-state index contributed by atoms with van der Waals surface area (Å²) in [5.74, 6) is -0.667. The van der Waals surface area contributed by atoms with Gasteiger partial charge in [-0.2, -0.15) is 0 Å². The molecule has 0 aromatic rings. The molecule has 0 bridgehead atoms. The van der Waals surface area contributed by atoms with Crippen LogP contribution in [-0.2, 0) is 4.79 Å². The van der Waals surface area contributed by atoms with Crippen LogP contribution in [-0.4, -0.2) is 21.8 Å². The topological polar surface area (TPSA) is 57.5 Å². The van der Waals surface area contributed by atoms with Crippen molar-refractivity contribution >= 4 is 5.97 Å². The molecule has 0 saturated heterocycles. The van der Waals surface area contributed by atoms with Crippen molar-refractivity contribution in [3.8, 4) is 0 Å². The highest BCUT2D eigenvalue weighted by Crippen LogP contribution is 2.46. The minimum Gasteiger partial charge on any atom is -0.479 e. The largest absolute Gasteiger partial charge is 0.479 e. The second-order valence-electron chi connectivity index (χ2n) is 6.59. The Kier molecular flexibility index (Phi) is 4.23. The Bertz CT molecular complexity index is 285. The van der Waals surface area contributed by atoms with Crippen LogP contribution in [0.15, 0.2) is 0 Å². The van der Waals surface area contributed by atoms with Gasteiger partial charge in [0, 0.05) is 0 Å². The maximum atomic E-state index is 11.4. The lowest BCUT2D eigenvalue weighted by Crippen LogP contribution is -2.49. The van der Waals surface area contributed by atoms with Crippen LogP contribution >= 0.6 is 0 Å². The highest BCUT2D eigenvalue weighted by molar-refractivity contribution is 5.77. The standard InChI is InChI=1S/C14H26O3/c1-5-6-14(17,12(15)16)11-7-10(2)8-13(3,4)9-11/h10-11,17H,5-9H2,1-4H3,(H,15,16). The second-order valence-corrected chi connectivity index (χ2v) is 6.59. The zero-order valence-corrected chi connectivity index (χ0v) is 11.5. The Labute approximate surface area is 104 Å². The summed E-state index contributed by atoms with van der Waals surface area (Å²) >= 11 is 0. The number of aliphatic hydroxyl groups is 1. The van der Waals surface area contributed by atoms with Crippen LogP contribution in [0.4, 0.5) is 0 Å². The van der Waals surface area contributed by atoms with Gasteiger partial charge in [-0.25, -0.2) is 4.79 Å². The van der Waals surface area contributed by atoms with E-state index in [0.29, 0.717) is 18.8 Å². The van der Waals surface area contributed by atoms with E-state index in [-0.39, 0.29) is 11.3 Å². The predicted octanol–water partition coefficient (Wildman–Crippen LogP) is 3.06. The van der Waals surface area contributed by atoms with Gasteiger partial charge in [-0.15, -0.1) is 0 Å². The zero-order chi connectivity index (χ0) is 13.3. The first-order valence-electron chi connectivity index (χ1n) is 6.67. The SMILES string of the molecule is CCCC(O)(C(=O)O)C1CC(C)CC(C)(C)C1. The minimum absolute atomic E-state index is 0.112. The van der Waals surface area contributed by atoms with Crippen molar-refractivity contribution in [1.29, 1.82) is 0 Å². The number of hydrogen-bond acceptors (Lipinski definition) is 2. The third kappa shape index (κ3) is 3.21. The molecular weight excluding hydrogens is 216 g/mol. The number of aliphatic carboxylic acids is 1. The van der Waals surface area contributed by atoms with E-state index < -0.39 is 11.6 Å². The van der Waals surface area contributed by atoms with Crippen molar-refractivity contribution in [3.05, 3.63) is 0 Å². The van der Waals surface area contributed by atoms with Crippen molar-refractivity contribution in [2.75, 3.05) is 0 Å². The highest BCUT2D eigenvalue weighted by Gasteiger charge is 2.47. The van der Waals surface area contributed by atoms with Crippen molar-refractivity contribution < 1.29 is 15.0 Å². The van der Waals surface area contributed by atoms with Gasteiger partial charge in [-0.1, -0.05) is 34.1 Å². The molecule has 0 spiro atoms. The molecule has 0 aliphatic heterocycles. The van der Waals surface area contributed by atoms with Gasteiger partial charge < -0.3 is 10.2 Å². The molecule has 1 rings (SSSR count). The van der Waals surface area contributed by atoms with E-state index in [1.54, 1.807) is 0 Å². The second kappa shape index (κ2) is 4.97. The molecule has 3 atom stereocenters. The van der Waals surface area contributed by atoms with Gasteiger partial charge in [0.15, 0.2) is 5.60 Å². The molecule has 1 fully saturated rings. The highest BCUT2D eigenvalue weighted by atomic mass is 16.4. The van der Waals surface area contributed by atoms with Gasteiger partial charge in [0.2, 0.25) is 0 Å². The van der Waals surface area contributed by atoms with E-state index in [4.69, 9.17) is 0 Å². The van der Waals surface area contributed by atoms with Crippen molar-refractivity contribution in [2.24, 2.45) is 17.3 Å². The first-order valence-corrected chi connectivity index (χ1v) is 6.67. The monoisotopic (exact) mass is 242 g/mol. The predicted molar refractivity (Wildman–Crippen MR) is 67.8 cm³/mol. The molecule has 1 saturated carbocycles. The van der Waals surface area contributed by atoms with Crippen molar-refractivity contribution in [1.82, 2.24) is 0 Å². The molecule has 3 unspecified atom stereocenters. The fraction of sp³-hybridized carbons (Fsp3) is 0.929. The van der Waals surface area contributed by atoms with E-state index in [0.717, 1.165) is 19.3 Å². The van der Waals surface area contributed by atoms with Crippen LogP contribution in [0.25, 0.3) is 0 Å². The summed E-state index contributed by atoms with van der Waals surface area (Å²) < 4.78 is 0. The summed E-state index contributed by atoms with van der Waals surface area (Å²) in [6.07, 6.45) is 3.81. The lowest BCUT2D eigenvalue weighted by Gasteiger charge is -2.44. The summed E-state index contributed by atoms with van der Waals surface area (Å²) in [7, 11) is 0. The van der Waals surface area contributed by atoms with E-state index in [1.165, 1.54) is 0 Å². The molecule has 0 aromatic carbocycles. The number of carboxylic acids is 1. The molecule has 17 heavy (non-hydrogen) atoms. The molecule has 1 aliphatic rings. The maximum Gasteiger partial charge on any atom is 0.335 e. The quantitative estimate of drug-likeness (QED) is 0.796. The summed E-state index contributed by atoms with van der Waals surface area (Å²) in [6.45, 7) is 8.42. The van der Waals surface area contributed by atoms with Crippen LogP contribution in [0.3, 0.4) is 0 Å². The number of carboxylic acid groups (broad SMARTS) is 1. The fourth-order valence-corrected chi connectivity index (χ4v) is 3.58. The molecule has 100 valence electrons. The molecular formula is C14H26O3. The average Bonchev–Trinajstić information content (AvgIpc) is 2.14. The van der Waals surface area contributed by atoms with Crippen LogP contribution in [0.5, 0.6) is 0 Å². The Hall–Kier alpha value is -0.570. The summed E-state index contributed by atoms with van der Waals surface area (Å²) in [5.41, 5.74) is -1.39. The molecule has 1 aliphatic carbocycles. The summed E-state index contributed by atoms with van der Waals surface area (Å²) in [4.78, 5) is 11.4. The van der Waals surface area contributed by atoms with Crippen LogP contribution in [0, 0.1) is 17.3 Å². The Morgan fingerprint density at radius 1 is 1.41 bits per heavy atom. The van der Waals surface area contributed by atoms with Gasteiger partial charge in [0.25, 0.3) is 0 Å². The van der Waals surface area contributed by atoms with E-state index in [2.05, 4.69) is 20.8 Å². The molecule has 3 heteroatoms. The van der Waals surface area contributed by atoms with Crippen LogP contribution < -0.4 is 0 Å². The minimum atomic E-state index is -1.53. The normalized spacial score (nSPS) is 31.8. The summed E-state index contributed by atoms with van der Waals surface area (Å²) in [5, 5.41) is 19.8. The summed E-state index contributed by atoms with van der Waals surface area (Å²) in [6, 6.07) is 0. The molecule has 0 amide bonds. The van der Waals surface area contributed by atoms with Gasteiger partial charge in [-0.3, -0.25) is 0 Å². The Morgan fingerprint density at radius 2 is 2.00 bits per heavy atom. The van der Waals surface area contributed by atoms with E-state index in [9.17, 15) is 15.0 Å². The maximum absolute atomic E-state index is 11.4. The molecule has 3 nitrogen and oxygen atoms in total. The smallest absolute Gasteiger partial charge is 0.335 e. The van der Waals surface area contributed by atoms with Gasteiger partial charge in [-0.05, 0) is 42.9 Å². The third-order valence-electron chi connectivity index (χ3n) is 4.06. The molecule has 0 heterocycles. The first-order chi connectivity index (χ1) is 7.71. The van der Waals surface area contributed by atoms with Gasteiger partial charge in [0.05, 0.1) is 0 Å². The number of carbonyl (C=O) groups is 1. The third-order valence-corrected chi connectivity index (χ3v) is 4.06. The lowest BCUT2D eigenvalue weighted by atomic mass is 9.62. The number of hydrogen-bond donors (Lipinski definition) is 2. The van der Waals surface area contributed by atoms with Gasteiger partial charge in [0.1, 0.15) is 0 Å². The Balaban J connectivity index is 2.91. The average molecular weight is 242 g/mol. The van der Waals surface area contributed by atoms with E-state index in [1.807, 2.05) is 6.92 Å². The zero-order valence-electron chi connectivity index (χ0n) is 11.5. The molecule has 0 aromatic heterocycles. The molecule has 2 N–H and O–H groups in total.